The molecule has 0 heterocycles. The highest BCUT2D eigenvalue weighted by molar-refractivity contribution is 6.32. The minimum absolute atomic E-state index is 0.196. The molecule has 0 fully saturated rings. The van der Waals surface area contributed by atoms with Crippen LogP contribution in [-0.2, 0) is 6.42 Å². The van der Waals surface area contributed by atoms with E-state index in [2.05, 4.69) is 12.1 Å². The molecule has 1 unspecified atom stereocenters. The summed E-state index contributed by atoms with van der Waals surface area (Å²) in [6.45, 7) is 2.04. The first kappa shape index (κ1) is 9.04. The summed E-state index contributed by atoms with van der Waals surface area (Å²) in [5, 5.41) is 0.924. The van der Waals surface area contributed by atoms with E-state index in [-0.39, 0.29) is 6.04 Å². The summed E-state index contributed by atoms with van der Waals surface area (Å²) in [6, 6.07) is 4.38. The summed E-state index contributed by atoms with van der Waals surface area (Å²) >= 11 is 6.22. The highest BCUT2D eigenvalue weighted by atomic mass is 35.5. The monoisotopic (exact) mass is 195 g/mol. The number of hydrogen-bond donors (Lipinski definition) is 1. The number of benzene rings is 1. The Labute approximate surface area is 83.9 Å². The van der Waals surface area contributed by atoms with E-state index >= 15 is 0 Å². The summed E-state index contributed by atoms with van der Waals surface area (Å²) in [5.41, 5.74) is 9.70. The van der Waals surface area contributed by atoms with Crippen molar-refractivity contribution in [1.82, 2.24) is 0 Å². The van der Waals surface area contributed by atoms with E-state index in [0.717, 1.165) is 29.8 Å². The molecule has 70 valence electrons. The zero-order valence-corrected chi connectivity index (χ0v) is 8.56. The van der Waals surface area contributed by atoms with E-state index < -0.39 is 0 Å². The largest absolute Gasteiger partial charge is 0.324 e. The van der Waals surface area contributed by atoms with Crippen LogP contribution in [0.2, 0.25) is 5.02 Å². The molecule has 0 saturated heterocycles. The van der Waals surface area contributed by atoms with Crippen molar-refractivity contribution >= 4 is 11.6 Å². The zero-order chi connectivity index (χ0) is 9.42. The van der Waals surface area contributed by atoms with Crippen molar-refractivity contribution in [2.24, 2.45) is 5.73 Å². The number of nitrogens with two attached hydrogens (primary N) is 1. The minimum Gasteiger partial charge on any atom is -0.324 e. The second-order valence-corrected chi connectivity index (χ2v) is 4.14. The quantitative estimate of drug-likeness (QED) is 0.677. The molecule has 2 heteroatoms. The number of fused-ring (bicyclic) bond motifs is 1. The van der Waals surface area contributed by atoms with E-state index in [4.69, 9.17) is 17.3 Å². The SMILES string of the molecule is Cc1ccc2c(c1Cl)CCCC2N. The van der Waals surface area contributed by atoms with Gasteiger partial charge in [-0.25, -0.2) is 0 Å². The lowest BCUT2D eigenvalue weighted by molar-refractivity contribution is 0.570. The Hall–Kier alpha value is -0.530. The van der Waals surface area contributed by atoms with Crippen LogP contribution in [0.25, 0.3) is 0 Å². The lowest BCUT2D eigenvalue weighted by Crippen LogP contribution is -2.17. The molecule has 1 aromatic carbocycles. The van der Waals surface area contributed by atoms with Gasteiger partial charge in [0.15, 0.2) is 0 Å². The number of hydrogen-bond acceptors (Lipinski definition) is 1. The number of aryl methyl sites for hydroxylation is 1. The Bertz CT molecular complexity index is 333. The maximum Gasteiger partial charge on any atom is 0.0470 e. The average Bonchev–Trinajstić information content (AvgIpc) is 2.12. The molecule has 2 rings (SSSR count). The van der Waals surface area contributed by atoms with Crippen LogP contribution in [0.15, 0.2) is 12.1 Å². The third kappa shape index (κ3) is 1.47. The van der Waals surface area contributed by atoms with E-state index in [1.807, 2.05) is 6.92 Å². The summed E-state index contributed by atoms with van der Waals surface area (Å²) in [4.78, 5) is 0. The van der Waals surface area contributed by atoms with Gasteiger partial charge in [-0.05, 0) is 42.9 Å². The molecule has 0 bridgehead atoms. The normalized spacial score (nSPS) is 21.3. The van der Waals surface area contributed by atoms with Gasteiger partial charge in [0.2, 0.25) is 0 Å². The molecule has 0 saturated carbocycles. The van der Waals surface area contributed by atoms with Gasteiger partial charge in [-0.15, -0.1) is 0 Å². The average molecular weight is 196 g/mol. The van der Waals surface area contributed by atoms with Crippen LogP contribution in [0.4, 0.5) is 0 Å². The van der Waals surface area contributed by atoms with Crippen molar-refractivity contribution in [2.75, 3.05) is 0 Å². The minimum atomic E-state index is 0.196. The fraction of sp³-hybridized carbons (Fsp3) is 0.455. The Morgan fingerprint density at radius 3 is 3.00 bits per heavy atom. The van der Waals surface area contributed by atoms with Crippen LogP contribution < -0.4 is 5.73 Å². The molecule has 1 aliphatic carbocycles. The molecule has 0 aliphatic heterocycles. The highest BCUT2D eigenvalue weighted by Crippen LogP contribution is 2.34. The molecule has 1 aromatic rings. The first-order valence-corrected chi connectivity index (χ1v) is 5.11. The van der Waals surface area contributed by atoms with Gasteiger partial charge in [-0.1, -0.05) is 23.7 Å². The van der Waals surface area contributed by atoms with Gasteiger partial charge in [0.1, 0.15) is 0 Å². The van der Waals surface area contributed by atoms with E-state index in [9.17, 15) is 0 Å². The molecule has 2 N–H and O–H groups in total. The maximum absolute atomic E-state index is 6.22. The fourth-order valence-electron chi connectivity index (χ4n) is 2.01. The van der Waals surface area contributed by atoms with Crippen LogP contribution in [-0.4, -0.2) is 0 Å². The van der Waals surface area contributed by atoms with E-state index in [0.29, 0.717) is 0 Å². The van der Waals surface area contributed by atoms with E-state index in [1.165, 1.54) is 11.1 Å². The fourth-order valence-corrected chi connectivity index (χ4v) is 2.28. The van der Waals surface area contributed by atoms with Crippen LogP contribution in [0.1, 0.15) is 35.6 Å². The van der Waals surface area contributed by atoms with Crippen molar-refractivity contribution in [3.05, 3.63) is 33.8 Å². The molecule has 13 heavy (non-hydrogen) atoms. The predicted molar refractivity (Wildman–Crippen MR) is 56.1 cm³/mol. The maximum atomic E-state index is 6.22. The van der Waals surface area contributed by atoms with Gasteiger partial charge in [0.05, 0.1) is 0 Å². The lowest BCUT2D eigenvalue weighted by Gasteiger charge is -2.23. The number of halogens is 1. The molecule has 1 aliphatic rings. The smallest absolute Gasteiger partial charge is 0.0470 e. The Kier molecular flexibility index (Phi) is 2.31. The second-order valence-electron chi connectivity index (χ2n) is 3.76. The summed E-state index contributed by atoms with van der Waals surface area (Å²) in [5.74, 6) is 0. The van der Waals surface area contributed by atoms with Crippen molar-refractivity contribution in [3.63, 3.8) is 0 Å². The van der Waals surface area contributed by atoms with Crippen LogP contribution >= 0.6 is 11.6 Å². The topological polar surface area (TPSA) is 26.0 Å². The molecule has 0 radical (unpaired) electrons. The molecule has 0 amide bonds. The van der Waals surface area contributed by atoms with Gasteiger partial charge in [0, 0.05) is 11.1 Å². The lowest BCUT2D eigenvalue weighted by atomic mass is 9.87. The second kappa shape index (κ2) is 3.32. The van der Waals surface area contributed by atoms with Gasteiger partial charge >= 0.3 is 0 Å². The predicted octanol–water partition coefficient (Wildman–Crippen LogP) is 2.98. The first-order chi connectivity index (χ1) is 6.20. The number of rotatable bonds is 0. The molecule has 0 spiro atoms. The standard InChI is InChI=1S/C11H14ClN/c1-7-5-6-8-9(11(7)12)3-2-4-10(8)13/h5-6,10H,2-4,13H2,1H3. The summed E-state index contributed by atoms with van der Waals surface area (Å²) in [6.07, 6.45) is 3.34. The molecular formula is C11H14ClN. The van der Waals surface area contributed by atoms with Crippen molar-refractivity contribution in [3.8, 4) is 0 Å². The molecular weight excluding hydrogens is 182 g/mol. The Morgan fingerprint density at radius 1 is 1.46 bits per heavy atom. The van der Waals surface area contributed by atoms with Gasteiger partial charge in [-0.2, -0.15) is 0 Å². The molecule has 1 atom stereocenters. The van der Waals surface area contributed by atoms with Crippen LogP contribution in [0, 0.1) is 6.92 Å². The van der Waals surface area contributed by atoms with Gasteiger partial charge in [0.25, 0.3) is 0 Å². The molecule has 0 aromatic heterocycles. The van der Waals surface area contributed by atoms with Crippen LogP contribution in [0.5, 0.6) is 0 Å². The Morgan fingerprint density at radius 2 is 2.23 bits per heavy atom. The van der Waals surface area contributed by atoms with Gasteiger partial charge in [-0.3, -0.25) is 0 Å². The van der Waals surface area contributed by atoms with Crippen molar-refractivity contribution in [1.29, 1.82) is 0 Å². The summed E-state index contributed by atoms with van der Waals surface area (Å²) in [7, 11) is 0. The van der Waals surface area contributed by atoms with Gasteiger partial charge < -0.3 is 5.73 Å². The highest BCUT2D eigenvalue weighted by Gasteiger charge is 2.19. The molecule has 1 nitrogen and oxygen atoms in total. The third-order valence-electron chi connectivity index (χ3n) is 2.81. The van der Waals surface area contributed by atoms with Crippen molar-refractivity contribution < 1.29 is 0 Å². The zero-order valence-electron chi connectivity index (χ0n) is 7.81. The summed E-state index contributed by atoms with van der Waals surface area (Å²) < 4.78 is 0. The third-order valence-corrected chi connectivity index (χ3v) is 3.34. The van der Waals surface area contributed by atoms with E-state index in [1.54, 1.807) is 0 Å². The van der Waals surface area contributed by atoms with Crippen molar-refractivity contribution in [2.45, 2.75) is 32.2 Å². The first-order valence-electron chi connectivity index (χ1n) is 4.73. The van der Waals surface area contributed by atoms with Crippen LogP contribution in [0.3, 0.4) is 0 Å². The Balaban J connectivity index is 2.56.